The zero-order valence-corrected chi connectivity index (χ0v) is 20.8. The maximum atomic E-state index is 12.9. The molecule has 0 saturated heterocycles. The highest BCUT2D eigenvalue weighted by molar-refractivity contribution is 8.01. The molecular weight excluding hydrogens is 478 g/mol. The van der Waals surface area contributed by atoms with E-state index < -0.39 is 0 Å². The van der Waals surface area contributed by atoms with E-state index in [9.17, 15) is 14.4 Å². The van der Waals surface area contributed by atoms with E-state index in [1.165, 1.54) is 47.3 Å². The van der Waals surface area contributed by atoms with E-state index in [0.717, 1.165) is 51.6 Å². The Labute approximate surface area is 211 Å². The van der Waals surface area contributed by atoms with Crippen molar-refractivity contribution in [2.45, 2.75) is 48.4 Å². The Bertz CT molecular complexity index is 1330. The van der Waals surface area contributed by atoms with Crippen LogP contribution in [-0.4, -0.2) is 34.0 Å². The standard InChI is InChI=1S/C27H25N3O3S2/c31-23(29-27-11-15-7-16(12-27)9-17(8-15)13-27)14-34-26-28-21-6-5-18(10-22(21)35-26)30-24(32)19-3-1-2-4-20(19)25(30)33/h1-6,10,15-17H,7-9,11-14H2,(H,29,31). The molecule has 0 unspecified atom stereocenters. The maximum absolute atomic E-state index is 12.9. The first kappa shape index (κ1) is 21.6. The van der Waals surface area contributed by atoms with E-state index >= 15 is 0 Å². The molecule has 1 aliphatic heterocycles. The van der Waals surface area contributed by atoms with Crippen molar-refractivity contribution in [3.05, 3.63) is 53.6 Å². The maximum Gasteiger partial charge on any atom is 0.266 e. The van der Waals surface area contributed by atoms with Gasteiger partial charge in [0.05, 0.1) is 32.8 Å². The number of amides is 3. The van der Waals surface area contributed by atoms with E-state index in [4.69, 9.17) is 0 Å². The number of benzene rings is 2. The Balaban J connectivity index is 1.05. The van der Waals surface area contributed by atoms with Gasteiger partial charge in [-0.1, -0.05) is 23.9 Å². The summed E-state index contributed by atoms with van der Waals surface area (Å²) in [5.41, 5.74) is 2.25. The van der Waals surface area contributed by atoms with Gasteiger partial charge in [0.2, 0.25) is 5.91 Å². The molecule has 3 amide bonds. The number of imide groups is 1. The van der Waals surface area contributed by atoms with Gasteiger partial charge >= 0.3 is 0 Å². The topological polar surface area (TPSA) is 79.4 Å². The number of hydrogen-bond acceptors (Lipinski definition) is 6. The summed E-state index contributed by atoms with van der Waals surface area (Å²) in [7, 11) is 0. The van der Waals surface area contributed by atoms with Crippen LogP contribution in [0.1, 0.15) is 59.2 Å². The third-order valence-corrected chi connectivity index (χ3v) is 10.3. The van der Waals surface area contributed by atoms with Crippen molar-refractivity contribution in [3.8, 4) is 0 Å². The largest absolute Gasteiger partial charge is 0.350 e. The average Bonchev–Trinajstić information content (AvgIpc) is 3.34. The summed E-state index contributed by atoms with van der Waals surface area (Å²) in [6.07, 6.45) is 7.53. The first-order chi connectivity index (χ1) is 17.0. The Morgan fingerprint density at radius 3 is 2.26 bits per heavy atom. The average molecular weight is 504 g/mol. The molecule has 178 valence electrons. The molecule has 4 bridgehead atoms. The molecule has 2 heterocycles. The van der Waals surface area contributed by atoms with Crippen LogP contribution in [-0.2, 0) is 4.79 Å². The minimum Gasteiger partial charge on any atom is -0.350 e. The molecule has 0 radical (unpaired) electrons. The number of carbonyl (C=O) groups is 3. The van der Waals surface area contributed by atoms with Crippen LogP contribution in [0, 0.1) is 17.8 Å². The van der Waals surface area contributed by atoms with Gasteiger partial charge < -0.3 is 5.32 Å². The monoisotopic (exact) mass is 503 g/mol. The van der Waals surface area contributed by atoms with Crippen molar-refractivity contribution in [1.29, 1.82) is 0 Å². The smallest absolute Gasteiger partial charge is 0.266 e. The van der Waals surface area contributed by atoms with Gasteiger partial charge in [0, 0.05) is 5.54 Å². The lowest BCUT2D eigenvalue weighted by Crippen LogP contribution is -2.60. The summed E-state index contributed by atoms with van der Waals surface area (Å²) >= 11 is 2.95. The van der Waals surface area contributed by atoms with Gasteiger partial charge in [-0.3, -0.25) is 14.4 Å². The molecule has 6 nitrogen and oxygen atoms in total. The first-order valence-corrected chi connectivity index (χ1v) is 14.1. The van der Waals surface area contributed by atoms with Gasteiger partial charge in [0.25, 0.3) is 11.8 Å². The van der Waals surface area contributed by atoms with E-state index in [1.807, 2.05) is 12.1 Å². The molecule has 3 aromatic rings. The van der Waals surface area contributed by atoms with Crippen LogP contribution >= 0.6 is 23.1 Å². The van der Waals surface area contributed by atoms with Gasteiger partial charge in [0.15, 0.2) is 4.34 Å². The molecule has 4 fully saturated rings. The molecule has 1 N–H and O–H groups in total. The highest BCUT2D eigenvalue weighted by Gasteiger charge is 2.51. The van der Waals surface area contributed by atoms with E-state index in [2.05, 4.69) is 10.3 Å². The quantitative estimate of drug-likeness (QED) is 0.379. The number of nitrogens with one attached hydrogen (secondary N) is 1. The number of nitrogens with zero attached hydrogens (tertiary/aromatic N) is 2. The molecular formula is C27H25N3O3S2. The number of rotatable bonds is 5. The lowest BCUT2D eigenvalue weighted by atomic mass is 9.53. The van der Waals surface area contributed by atoms with Gasteiger partial charge in [-0.15, -0.1) is 11.3 Å². The van der Waals surface area contributed by atoms with E-state index in [-0.39, 0.29) is 23.3 Å². The van der Waals surface area contributed by atoms with Crippen LogP contribution in [0.15, 0.2) is 46.8 Å². The predicted octanol–water partition coefficient (Wildman–Crippen LogP) is 5.27. The summed E-state index contributed by atoms with van der Waals surface area (Å²) in [5, 5.41) is 3.43. The normalized spacial score (nSPS) is 28.7. The minimum atomic E-state index is -0.301. The van der Waals surface area contributed by atoms with Gasteiger partial charge in [-0.05, 0) is 86.6 Å². The molecule has 8 heteroatoms. The van der Waals surface area contributed by atoms with Crippen LogP contribution in [0.25, 0.3) is 10.2 Å². The zero-order valence-electron chi connectivity index (χ0n) is 19.2. The molecule has 0 spiro atoms. The number of thiazole rings is 1. The van der Waals surface area contributed by atoms with Crippen LogP contribution < -0.4 is 10.2 Å². The second-order valence-electron chi connectivity index (χ2n) is 10.7. The minimum absolute atomic E-state index is 0.0290. The molecule has 4 aliphatic carbocycles. The van der Waals surface area contributed by atoms with Crippen molar-refractivity contribution in [2.75, 3.05) is 10.7 Å². The fourth-order valence-electron chi connectivity index (χ4n) is 7.24. The number of carbonyl (C=O) groups excluding carboxylic acids is 3. The number of hydrogen-bond donors (Lipinski definition) is 1. The Morgan fingerprint density at radius 2 is 1.63 bits per heavy atom. The molecule has 0 atom stereocenters. The molecule has 35 heavy (non-hydrogen) atoms. The van der Waals surface area contributed by atoms with E-state index in [1.54, 1.807) is 30.3 Å². The molecule has 2 aromatic carbocycles. The molecule has 4 saturated carbocycles. The SMILES string of the molecule is O=C(CSc1nc2ccc(N3C(=O)c4ccccc4C3=O)cc2s1)NC12CC3CC(CC(C3)C1)C2. The Morgan fingerprint density at radius 1 is 1.00 bits per heavy atom. The van der Waals surface area contributed by atoms with Gasteiger partial charge in [0.1, 0.15) is 0 Å². The summed E-state index contributed by atoms with van der Waals surface area (Å²) in [4.78, 5) is 44.5. The Kier molecular flexibility index (Phi) is 4.87. The second-order valence-corrected chi connectivity index (χ2v) is 12.9. The number of anilines is 1. The summed E-state index contributed by atoms with van der Waals surface area (Å²) < 4.78 is 1.71. The number of fused-ring (bicyclic) bond motifs is 2. The second kappa shape index (κ2) is 7.90. The lowest BCUT2D eigenvalue weighted by molar-refractivity contribution is -0.124. The summed E-state index contributed by atoms with van der Waals surface area (Å²) in [5.74, 6) is 2.26. The predicted molar refractivity (Wildman–Crippen MR) is 137 cm³/mol. The Hall–Kier alpha value is -2.71. The van der Waals surface area contributed by atoms with Crippen LogP contribution in [0.4, 0.5) is 5.69 Å². The summed E-state index contributed by atoms with van der Waals surface area (Å²) in [6.45, 7) is 0. The molecule has 1 aromatic heterocycles. The van der Waals surface area contributed by atoms with Crippen molar-refractivity contribution < 1.29 is 14.4 Å². The van der Waals surface area contributed by atoms with Crippen LogP contribution in [0.3, 0.4) is 0 Å². The van der Waals surface area contributed by atoms with Crippen molar-refractivity contribution >= 4 is 56.7 Å². The highest BCUT2D eigenvalue weighted by Crippen LogP contribution is 2.55. The van der Waals surface area contributed by atoms with Gasteiger partial charge in [-0.25, -0.2) is 9.88 Å². The van der Waals surface area contributed by atoms with E-state index in [0.29, 0.717) is 22.6 Å². The zero-order chi connectivity index (χ0) is 23.7. The highest BCUT2D eigenvalue weighted by atomic mass is 32.2. The van der Waals surface area contributed by atoms with Crippen LogP contribution in [0.2, 0.25) is 0 Å². The third kappa shape index (κ3) is 3.61. The fraction of sp³-hybridized carbons (Fsp3) is 0.407. The third-order valence-electron chi connectivity index (χ3n) is 8.17. The lowest BCUT2D eigenvalue weighted by Gasteiger charge is -2.56. The molecule has 5 aliphatic rings. The summed E-state index contributed by atoms with van der Waals surface area (Å²) in [6, 6.07) is 12.3. The van der Waals surface area contributed by atoms with Crippen LogP contribution in [0.5, 0.6) is 0 Å². The number of thioether (sulfide) groups is 1. The first-order valence-electron chi connectivity index (χ1n) is 12.3. The van der Waals surface area contributed by atoms with Crippen molar-refractivity contribution in [1.82, 2.24) is 10.3 Å². The molecule has 8 rings (SSSR count). The van der Waals surface area contributed by atoms with Crippen molar-refractivity contribution in [3.63, 3.8) is 0 Å². The van der Waals surface area contributed by atoms with Crippen molar-refractivity contribution in [2.24, 2.45) is 17.8 Å². The number of aromatic nitrogens is 1. The fourth-order valence-corrected chi connectivity index (χ4v) is 9.14. The van der Waals surface area contributed by atoms with Gasteiger partial charge in [-0.2, -0.15) is 0 Å².